The minimum Gasteiger partial charge on any atom is -0.489 e. The lowest BCUT2D eigenvalue weighted by Crippen LogP contribution is -2.27. The topological polar surface area (TPSA) is 72.7 Å². The highest BCUT2D eigenvalue weighted by atomic mass is 32.2. The van der Waals surface area contributed by atoms with E-state index in [9.17, 15) is 14.9 Å². The molecule has 0 unspecified atom stereocenters. The lowest BCUT2D eigenvalue weighted by Gasteiger charge is -2.13. The number of para-hydroxylation sites is 1. The SMILES string of the molecule is O=C1/C(=C/c2cccc(OCc3ccc([N+](=O)[O-])cc3)c2)SC(=S)N1c1ccccc1. The summed E-state index contributed by atoms with van der Waals surface area (Å²) in [5.74, 6) is 0.476. The van der Waals surface area contributed by atoms with E-state index in [1.54, 1.807) is 18.2 Å². The first-order valence-corrected chi connectivity index (χ1v) is 10.5. The highest BCUT2D eigenvalue weighted by Gasteiger charge is 2.33. The molecule has 154 valence electrons. The number of nitro groups is 1. The highest BCUT2D eigenvalue weighted by Crippen LogP contribution is 2.36. The lowest BCUT2D eigenvalue weighted by atomic mass is 10.2. The summed E-state index contributed by atoms with van der Waals surface area (Å²) < 4.78 is 6.30. The van der Waals surface area contributed by atoms with Crippen molar-refractivity contribution in [1.29, 1.82) is 0 Å². The number of non-ortho nitro benzene ring substituents is 1. The number of rotatable bonds is 6. The Hall–Kier alpha value is -3.49. The molecule has 1 heterocycles. The first-order chi connectivity index (χ1) is 15.0. The van der Waals surface area contributed by atoms with E-state index in [1.807, 2.05) is 54.6 Å². The van der Waals surface area contributed by atoms with Crippen LogP contribution in [0, 0.1) is 10.1 Å². The minimum atomic E-state index is -0.436. The number of benzene rings is 3. The van der Waals surface area contributed by atoms with Crippen LogP contribution in [0.2, 0.25) is 0 Å². The molecule has 0 aliphatic carbocycles. The van der Waals surface area contributed by atoms with Crippen LogP contribution in [-0.2, 0) is 11.4 Å². The third kappa shape index (κ3) is 4.82. The quantitative estimate of drug-likeness (QED) is 0.212. The Bertz CT molecular complexity index is 1180. The van der Waals surface area contributed by atoms with Gasteiger partial charge in [-0.1, -0.05) is 54.3 Å². The Kier molecular flexibility index (Phi) is 6.11. The van der Waals surface area contributed by atoms with Gasteiger partial charge in [-0.2, -0.15) is 0 Å². The maximum absolute atomic E-state index is 12.9. The summed E-state index contributed by atoms with van der Waals surface area (Å²) in [4.78, 5) is 25.2. The van der Waals surface area contributed by atoms with Crippen molar-refractivity contribution >= 4 is 51.7 Å². The summed E-state index contributed by atoms with van der Waals surface area (Å²) in [5, 5.41) is 10.7. The summed E-state index contributed by atoms with van der Waals surface area (Å²) >= 11 is 6.66. The second kappa shape index (κ2) is 9.11. The standard InChI is InChI=1S/C23H16N2O4S2/c26-22-21(31-23(30)24(22)18-6-2-1-3-7-18)14-17-5-4-8-20(13-17)29-15-16-9-11-19(12-10-16)25(27)28/h1-14H,15H2/b21-14-. The smallest absolute Gasteiger partial charge is 0.270 e. The third-order valence-corrected chi connectivity index (χ3v) is 5.82. The number of hydrogen-bond donors (Lipinski definition) is 0. The van der Waals surface area contributed by atoms with E-state index < -0.39 is 4.92 Å². The van der Waals surface area contributed by atoms with Gasteiger partial charge in [0.15, 0.2) is 4.32 Å². The van der Waals surface area contributed by atoms with Crippen LogP contribution in [0.3, 0.4) is 0 Å². The molecule has 0 bridgehead atoms. The summed E-state index contributed by atoms with van der Waals surface area (Å²) in [7, 11) is 0. The Balaban J connectivity index is 1.47. The number of thiocarbonyl (C=S) groups is 1. The molecule has 0 saturated carbocycles. The molecular weight excluding hydrogens is 432 g/mol. The number of hydrogen-bond acceptors (Lipinski definition) is 6. The number of carbonyl (C=O) groups excluding carboxylic acids is 1. The summed E-state index contributed by atoms with van der Waals surface area (Å²) in [6, 6.07) is 22.9. The van der Waals surface area contributed by atoms with Gasteiger partial charge in [0, 0.05) is 12.1 Å². The van der Waals surface area contributed by atoms with Crippen molar-refractivity contribution in [2.75, 3.05) is 4.90 Å². The number of nitrogens with zero attached hydrogens (tertiary/aromatic N) is 2. The molecule has 31 heavy (non-hydrogen) atoms. The first kappa shape index (κ1) is 20.8. The van der Waals surface area contributed by atoms with Crippen molar-refractivity contribution in [2.45, 2.75) is 6.61 Å². The molecule has 3 aromatic rings. The van der Waals surface area contributed by atoms with E-state index in [1.165, 1.54) is 28.8 Å². The molecule has 1 saturated heterocycles. The number of carbonyl (C=O) groups is 1. The van der Waals surface area contributed by atoms with E-state index in [0.29, 0.717) is 15.0 Å². The first-order valence-electron chi connectivity index (χ1n) is 9.30. The predicted octanol–water partition coefficient (Wildman–Crippen LogP) is 5.58. The molecule has 6 nitrogen and oxygen atoms in total. The average Bonchev–Trinajstić information content (AvgIpc) is 3.06. The zero-order valence-electron chi connectivity index (χ0n) is 16.1. The second-order valence-corrected chi connectivity index (χ2v) is 8.31. The Morgan fingerprint density at radius 3 is 2.48 bits per heavy atom. The van der Waals surface area contributed by atoms with Gasteiger partial charge in [0.05, 0.1) is 15.5 Å². The van der Waals surface area contributed by atoms with Crippen LogP contribution in [0.25, 0.3) is 6.08 Å². The molecule has 1 aliphatic rings. The van der Waals surface area contributed by atoms with Crippen molar-refractivity contribution < 1.29 is 14.5 Å². The molecule has 3 aromatic carbocycles. The summed E-state index contributed by atoms with van der Waals surface area (Å²) in [6.45, 7) is 0.275. The van der Waals surface area contributed by atoms with E-state index in [2.05, 4.69) is 0 Å². The second-order valence-electron chi connectivity index (χ2n) is 6.64. The van der Waals surface area contributed by atoms with Crippen molar-refractivity contribution in [3.8, 4) is 5.75 Å². The molecule has 1 aliphatic heterocycles. The van der Waals surface area contributed by atoms with Gasteiger partial charge in [-0.15, -0.1) is 0 Å². The van der Waals surface area contributed by atoms with Crippen LogP contribution < -0.4 is 9.64 Å². The maximum atomic E-state index is 12.9. The monoisotopic (exact) mass is 448 g/mol. The van der Waals surface area contributed by atoms with Crippen molar-refractivity contribution in [3.63, 3.8) is 0 Å². The number of amides is 1. The van der Waals surface area contributed by atoms with Gasteiger partial charge in [-0.3, -0.25) is 19.8 Å². The van der Waals surface area contributed by atoms with Gasteiger partial charge < -0.3 is 4.74 Å². The highest BCUT2D eigenvalue weighted by molar-refractivity contribution is 8.27. The minimum absolute atomic E-state index is 0.0403. The largest absolute Gasteiger partial charge is 0.489 e. The number of ether oxygens (including phenoxy) is 1. The lowest BCUT2D eigenvalue weighted by molar-refractivity contribution is -0.384. The molecule has 8 heteroatoms. The van der Waals surface area contributed by atoms with Gasteiger partial charge in [0.25, 0.3) is 11.6 Å². The van der Waals surface area contributed by atoms with Gasteiger partial charge in [0.1, 0.15) is 12.4 Å². The zero-order chi connectivity index (χ0) is 21.8. The van der Waals surface area contributed by atoms with Gasteiger partial charge in [-0.25, -0.2) is 0 Å². The Morgan fingerprint density at radius 1 is 1.03 bits per heavy atom. The molecule has 0 aromatic heterocycles. The van der Waals surface area contributed by atoms with E-state index in [-0.39, 0.29) is 18.2 Å². The fourth-order valence-electron chi connectivity index (χ4n) is 2.99. The molecule has 4 rings (SSSR count). The van der Waals surface area contributed by atoms with Gasteiger partial charge in [-0.05, 0) is 53.6 Å². The number of thioether (sulfide) groups is 1. The molecule has 0 spiro atoms. The van der Waals surface area contributed by atoms with Crippen molar-refractivity contribution in [2.24, 2.45) is 0 Å². The van der Waals surface area contributed by atoms with E-state index in [4.69, 9.17) is 17.0 Å². The fraction of sp³-hybridized carbons (Fsp3) is 0.0435. The Morgan fingerprint density at radius 2 is 1.77 bits per heavy atom. The van der Waals surface area contributed by atoms with Crippen molar-refractivity contribution in [3.05, 3.63) is 105 Å². The van der Waals surface area contributed by atoms with Crippen LogP contribution >= 0.6 is 24.0 Å². The van der Waals surface area contributed by atoms with Gasteiger partial charge >= 0.3 is 0 Å². The average molecular weight is 449 g/mol. The van der Waals surface area contributed by atoms with Crippen LogP contribution in [0.1, 0.15) is 11.1 Å². The van der Waals surface area contributed by atoms with E-state index >= 15 is 0 Å². The van der Waals surface area contributed by atoms with Crippen LogP contribution in [-0.4, -0.2) is 15.2 Å². The maximum Gasteiger partial charge on any atom is 0.270 e. The molecule has 1 amide bonds. The summed E-state index contributed by atoms with van der Waals surface area (Å²) in [5.41, 5.74) is 2.42. The van der Waals surface area contributed by atoms with Crippen LogP contribution in [0.15, 0.2) is 83.8 Å². The number of nitro benzene ring substituents is 1. The molecule has 1 fully saturated rings. The molecule has 0 N–H and O–H groups in total. The van der Waals surface area contributed by atoms with E-state index in [0.717, 1.165) is 16.8 Å². The van der Waals surface area contributed by atoms with Crippen LogP contribution in [0.5, 0.6) is 5.75 Å². The van der Waals surface area contributed by atoms with Crippen molar-refractivity contribution in [1.82, 2.24) is 0 Å². The fourth-order valence-corrected chi connectivity index (χ4v) is 4.29. The normalized spacial score (nSPS) is 14.8. The van der Waals surface area contributed by atoms with Gasteiger partial charge in [0.2, 0.25) is 0 Å². The summed E-state index contributed by atoms with van der Waals surface area (Å²) in [6.07, 6.45) is 1.79. The predicted molar refractivity (Wildman–Crippen MR) is 126 cm³/mol. The third-order valence-electron chi connectivity index (χ3n) is 4.52. The number of anilines is 1. The Labute approximate surface area is 188 Å². The zero-order valence-corrected chi connectivity index (χ0v) is 17.8. The molecular formula is C23H16N2O4S2. The molecule has 0 radical (unpaired) electrons. The molecule has 0 atom stereocenters. The van der Waals surface area contributed by atoms with Crippen LogP contribution in [0.4, 0.5) is 11.4 Å².